The van der Waals surface area contributed by atoms with Gasteiger partial charge in [0.05, 0.1) is 23.1 Å². The highest BCUT2D eigenvalue weighted by Crippen LogP contribution is 2.29. The number of ether oxygens (including phenoxy) is 2. The lowest BCUT2D eigenvalue weighted by Gasteiger charge is -2.16. The van der Waals surface area contributed by atoms with Crippen LogP contribution in [0.5, 0.6) is 11.5 Å². The monoisotopic (exact) mass is 443 g/mol. The number of carbonyl (C=O) groups excluding carboxylic acids is 1. The molecule has 148 valence electrons. The first-order valence-corrected chi connectivity index (χ1v) is 8.93. The number of hydrogen-bond acceptors (Lipinski definition) is 6. The van der Waals surface area contributed by atoms with Crippen LogP contribution in [0.2, 0.25) is 10.0 Å². The molecule has 0 bridgehead atoms. The highest BCUT2D eigenvalue weighted by molar-refractivity contribution is 7.80. The number of halogens is 2. The van der Waals surface area contributed by atoms with Gasteiger partial charge in [0, 0.05) is 5.02 Å². The first kappa shape index (κ1) is 21.7. The maximum absolute atomic E-state index is 12.3. The average Bonchev–Trinajstić information content (AvgIpc) is 2.63. The molecule has 0 fully saturated rings. The van der Waals surface area contributed by atoms with Crippen molar-refractivity contribution in [2.75, 3.05) is 12.4 Å². The second-order valence-corrected chi connectivity index (χ2v) is 6.67. The molecule has 0 heterocycles. The van der Waals surface area contributed by atoms with E-state index >= 15 is 0 Å². The molecule has 0 saturated heterocycles. The zero-order chi connectivity index (χ0) is 20.8. The first-order chi connectivity index (χ1) is 13.2. The molecular weight excluding hydrogens is 429 g/mol. The lowest BCUT2D eigenvalue weighted by Crippen LogP contribution is -2.42. The number of hydrogen-bond donors (Lipinski definition) is 2. The molecule has 2 rings (SSSR count). The fourth-order valence-electron chi connectivity index (χ4n) is 2.08. The third kappa shape index (κ3) is 5.69. The van der Waals surface area contributed by atoms with E-state index in [-0.39, 0.29) is 27.3 Å². The van der Waals surface area contributed by atoms with E-state index in [1.165, 1.54) is 44.4 Å². The van der Waals surface area contributed by atoms with Crippen LogP contribution in [0.4, 0.5) is 11.4 Å². The van der Waals surface area contributed by atoms with Crippen LogP contribution < -0.4 is 20.1 Å². The maximum Gasteiger partial charge on any atom is 0.296 e. The Balaban J connectivity index is 2.02. The van der Waals surface area contributed by atoms with E-state index in [0.29, 0.717) is 10.8 Å². The van der Waals surface area contributed by atoms with Crippen LogP contribution in [-0.4, -0.2) is 29.2 Å². The van der Waals surface area contributed by atoms with Crippen molar-refractivity contribution < 1.29 is 19.2 Å². The largest absolute Gasteiger partial charge is 0.496 e. The number of carbonyl (C=O) groups is 1. The zero-order valence-corrected chi connectivity index (χ0v) is 17.0. The number of nitro groups is 1. The van der Waals surface area contributed by atoms with E-state index in [2.05, 4.69) is 10.6 Å². The van der Waals surface area contributed by atoms with Gasteiger partial charge in [-0.2, -0.15) is 0 Å². The molecule has 11 heteroatoms. The Morgan fingerprint density at radius 1 is 1.25 bits per heavy atom. The molecule has 0 radical (unpaired) electrons. The smallest absolute Gasteiger partial charge is 0.296 e. The SMILES string of the molecule is COc1ccc(NC(=S)NC(=O)[C@H](C)Oc2ccc(Cl)cc2Cl)c([N+](=O)[O-])c1. The van der Waals surface area contributed by atoms with Crippen molar-refractivity contribution in [2.24, 2.45) is 0 Å². The van der Waals surface area contributed by atoms with Crippen molar-refractivity contribution in [3.63, 3.8) is 0 Å². The van der Waals surface area contributed by atoms with E-state index in [9.17, 15) is 14.9 Å². The first-order valence-electron chi connectivity index (χ1n) is 7.77. The molecule has 0 saturated carbocycles. The van der Waals surface area contributed by atoms with Gasteiger partial charge in [-0.15, -0.1) is 0 Å². The average molecular weight is 444 g/mol. The van der Waals surface area contributed by atoms with Gasteiger partial charge in [0.25, 0.3) is 11.6 Å². The summed E-state index contributed by atoms with van der Waals surface area (Å²) < 4.78 is 10.5. The van der Waals surface area contributed by atoms with Crippen LogP contribution >= 0.6 is 35.4 Å². The maximum atomic E-state index is 12.3. The summed E-state index contributed by atoms with van der Waals surface area (Å²) in [5.41, 5.74) is -0.154. The Labute approximate surface area is 175 Å². The normalized spacial score (nSPS) is 11.3. The topological polar surface area (TPSA) is 103 Å². The van der Waals surface area contributed by atoms with E-state index in [1.807, 2.05) is 0 Å². The van der Waals surface area contributed by atoms with Crippen molar-refractivity contribution in [3.8, 4) is 11.5 Å². The summed E-state index contributed by atoms with van der Waals surface area (Å²) in [6.07, 6.45) is -0.940. The van der Waals surface area contributed by atoms with Crippen LogP contribution in [0.15, 0.2) is 36.4 Å². The second-order valence-electron chi connectivity index (χ2n) is 5.42. The Morgan fingerprint density at radius 2 is 1.96 bits per heavy atom. The second kappa shape index (κ2) is 9.54. The van der Waals surface area contributed by atoms with Gasteiger partial charge in [0.2, 0.25) is 0 Å². The lowest BCUT2D eigenvalue weighted by molar-refractivity contribution is -0.384. The summed E-state index contributed by atoms with van der Waals surface area (Å²) >= 11 is 16.9. The summed E-state index contributed by atoms with van der Waals surface area (Å²) in [5, 5.41) is 16.8. The fraction of sp³-hybridized carbons (Fsp3) is 0.176. The summed E-state index contributed by atoms with van der Waals surface area (Å²) in [4.78, 5) is 22.9. The molecule has 2 N–H and O–H groups in total. The standard InChI is InChI=1S/C17H15Cl2N3O5S/c1-9(27-15-6-3-10(18)7-12(15)19)16(23)21-17(28)20-13-5-4-11(26-2)8-14(13)22(24)25/h3-9H,1-2H3,(H2,20,21,23,28)/t9-/m0/s1. The van der Waals surface area contributed by atoms with Gasteiger partial charge in [-0.1, -0.05) is 23.2 Å². The Bertz CT molecular complexity index is 926. The number of nitrogens with zero attached hydrogens (tertiary/aromatic N) is 1. The van der Waals surface area contributed by atoms with Crippen LogP contribution in [-0.2, 0) is 4.79 Å². The Kier molecular flexibility index (Phi) is 7.38. The van der Waals surface area contributed by atoms with Crippen LogP contribution in [0.25, 0.3) is 0 Å². The highest BCUT2D eigenvalue weighted by atomic mass is 35.5. The molecule has 2 aromatic rings. The van der Waals surface area contributed by atoms with Crippen LogP contribution in [0.3, 0.4) is 0 Å². The third-order valence-electron chi connectivity index (χ3n) is 3.45. The minimum Gasteiger partial charge on any atom is -0.496 e. The molecule has 28 heavy (non-hydrogen) atoms. The number of benzene rings is 2. The molecule has 1 atom stereocenters. The third-order valence-corrected chi connectivity index (χ3v) is 4.19. The molecule has 0 aliphatic carbocycles. The van der Waals surface area contributed by atoms with Crippen LogP contribution in [0, 0.1) is 10.1 Å². The van der Waals surface area contributed by atoms with Gasteiger partial charge >= 0.3 is 0 Å². The van der Waals surface area contributed by atoms with Gasteiger partial charge < -0.3 is 14.8 Å². The number of amides is 1. The number of nitrogens with one attached hydrogen (secondary N) is 2. The molecule has 0 aromatic heterocycles. The van der Waals surface area contributed by atoms with Gasteiger partial charge in [-0.25, -0.2) is 0 Å². The van der Waals surface area contributed by atoms with Crippen molar-refractivity contribution in [1.29, 1.82) is 0 Å². The minimum atomic E-state index is -0.940. The van der Waals surface area contributed by atoms with E-state index < -0.39 is 16.9 Å². The van der Waals surface area contributed by atoms with Crippen molar-refractivity contribution in [1.82, 2.24) is 5.32 Å². The summed E-state index contributed by atoms with van der Waals surface area (Å²) in [7, 11) is 1.39. The number of nitro benzene ring substituents is 1. The van der Waals surface area contributed by atoms with Crippen molar-refractivity contribution in [2.45, 2.75) is 13.0 Å². The number of thiocarbonyl (C=S) groups is 1. The van der Waals surface area contributed by atoms with Crippen molar-refractivity contribution in [3.05, 3.63) is 56.6 Å². The lowest BCUT2D eigenvalue weighted by atomic mass is 10.2. The molecule has 8 nitrogen and oxygen atoms in total. The number of anilines is 1. The minimum absolute atomic E-state index is 0.102. The Hall–Kier alpha value is -2.62. The quantitative estimate of drug-likeness (QED) is 0.391. The van der Waals surface area contributed by atoms with E-state index in [0.717, 1.165) is 0 Å². The molecule has 1 amide bonds. The molecule has 2 aromatic carbocycles. The molecule has 0 aliphatic heterocycles. The van der Waals surface area contributed by atoms with Crippen molar-refractivity contribution >= 4 is 57.8 Å². The predicted molar refractivity (Wildman–Crippen MR) is 111 cm³/mol. The van der Waals surface area contributed by atoms with Gasteiger partial charge in [0.1, 0.15) is 17.2 Å². The summed E-state index contributed by atoms with van der Waals surface area (Å²) in [6.45, 7) is 1.50. The summed E-state index contributed by atoms with van der Waals surface area (Å²) in [5.74, 6) is 0.0205. The molecule has 0 unspecified atom stereocenters. The zero-order valence-electron chi connectivity index (χ0n) is 14.7. The number of methoxy groups -OCH3 is 1. The van der Waals surface area contributed by atoms with Gasteiger partial charge in [-0.3, -0.25) is 20.2 Å². The molecule has 0 spiro atoms. The fourth-order valence-corrected chi connectivity index (χ4v) is 2.74. The Morgan fingerprint density at radius 3 is 2.57 bits per heavy atom. The van der Waals surface area contributed by atoms with E-state index in [1.54, 1.807) is 6.07 Å². The van der Waals surface area contributed by atoms with Gasteiger partial charge in [0.15, 0.2) is 11.2 Å². The van der Waals surface area contributed by atoms with Crippen LogP contribution in [0.1, 0.15) is 6.92 Å². The summed E-state index contributed by atoms with van der Waals surface area (Å²) in [6, 6.07) is 8.77. The molecule has 0 aliphatic rings. The predicted octanol–water partition coefficient (Wildman–Crippen LogP) is 4.19. The highest BCUT2D eigenvalue weighted by Gasteiger charge is 2.20. The van der Waals surface area contributed by atoms with Gasteiger partial charge in [-0.05, 0) is 49.5 Å². The molecular formula is C17H15Cl2N3O5S. The number of rotatable bonds is 6. The van der Waals surface area contributed by atoms with E-state index in [4.69, 9.17) is 44.9 Å².